The molecule has 0 spiro atoms. The van der Waals surface area contributed by atoms with Gasteiger partial charge in [-0.15, -0.1) is 0 Å². The average Bonchev–Trinajstić information content (AvgIpc) is 2.27. The molecule has 0 radical (unpaired) electrons. The number of rotatable bonds is 4. The van der Waals surface area contributed by atoms with E-state index in [0.717, 1.165) is 23.7 Å². The van der Waals surface area contributed by atoms with Crippen LogP contribution >= 0.6 is 0 Å². The highest BCUT2D eigenvalue weighted by Crippen LogP contribution is 2.45. The fourth-order valence-corrected chi connectivity index (χ4v) is 3.57. The van der Waals surface area contributed by atoms with E-state index in [1.54, 1.807) is 0 Å². The Bertz CT molecular complexity index is 216. The first-order chi connectivity index (χ1) is 7.90. The molecule has 0 aromatic carbocycles. The summed E-state index contributed by atoms with van der Waals surface area (Å²) in [6, 6.07) is 0. The number of hydrogen-bond acceptors (Lipinski definition) is 1. The Morgan fingerprint density at radius 2 is 1.88 bits per heavy atom. The minimum atomic E-state index is 0.496. The van der Waals surface area contributed by atoms with Crippen LogP contribution < -0.4 is 5.32 Å². The van der Waals surface area contributed by atoms with Gasteiger partial charge >= 0.3 is 0 Å². The normalized spacial score (nSPS) is 32.5. The van der Waals surface area contributed by atoms with Crippen molar-refractivity contribution < 1.29 is 0 Å². The van der Waals surface area contributed by atoms with Crippen molar-refractivity contribution in [2.45, 2.75) is 60.3 Å². The third kappa shape index (κ3) is 3.98. The first-order valence-electron chi connectivity index (χ1n) is 7.54. The van der Waals surface area contributed by atoms with Crippen molar-refractivity contribution in [3.63, 3.8) is 0 Å². The Morgan fingerprint density at radius 3 is 2.35 bits per heavy atom. The van der Waals surface area contributed by atoms with E-state index < -0.39 is 0 Å². The second kappa shape index (κ2) is 6.22. The van der Waals surface area contributed by atoms with Crippen LogP contribution in [0.15, 0.2) is 0 Å². The van der Waals surface area contributed by atoms with Crippen LogP contribution in [0.1, 0.15) is 60.3 Å². The summed E-state index contributed by atoms with van der Waals surface area (Å²) >= 11 is 0. The first-order valence-corrected chi connectivity index (χ1v) is 7.54. The minimum absolute atomic E-state index is 0.496. The van der Waals surface area contributed by atoms with Gasteiger partial charge in [0, 0.05) is 0 Å². The van der Waals surface area contributed by atoms with Crippen LogP contribution in [0.2, 0.25) is 0 Å². The Labute approximate surface area is 109 Å². The maximum atomic E-state index is 3.40. The number of nitrogens with one attached hydrogen (secondary N) is 1. The van der Waals surface area contributed by atoms with Gasteiger partial charge in [-0.3, -0.25) is 0 Å². The third-order valence-corrected chi connectivity index (χ3v) is 5.11. The highest BCUT2D eigenvalue weighted by Gasteiger charge is 2.37. The van der Waals surface area contributed by atoms with Crippen molar-refractivity contribution in [3.05, 3.63) is 0 Å². The van der Waals surface area contributed by atoms with Crippen molar-refractivity contribution in [1.82, 2.24) is 5.32 Å². The molecular formula is C16H33N. The second-order valence-electron chi connectivity index (χ2n) is 7.24. The molecule has 0 aromatic heterocycles. The molecule has 0 bridgehead atoms. The summed E-state index contributed by atoms with van der Waals surface area (Å²) in [4.78, 5) is 0. The van der Waals surface area contributed by atoms with Gasteiger partial charge in [0.25, 0.3) is 0 Å². The van der Waals surface area contributed by atoms with Crippen molar-refractivity contribution in [1.29, 1.82) is 0 Å². The maximum absolute atomic E-state index is 3.40. The van der Waals surface area contributed by atoms with E-state index in [4.69, 9.17) is 0 Å². The van der Waals surface area contributed by atoms with Crippen LogP contribution in [0, 0.1) is 29.1 Å². The van der Waals surface area contributed by atoms with Crippen LogP contribution in [0.5, 0.6) is 0 Å². The summed E-state index contributed by atoms with van der Waals surface area (Å²) < 4.78 is 0. The summed E-state index contributed by atoms with van der Waals surface area (Å²) in [6.07, 6.45) is 5.65. The van der Waals surface area contributed by atoms with Crippen LogP contribution in [0.3, 0.4) is 0 Å². The van der Waals surface area contributed by atoms with E-state index in [-0.39, 0.29) is 0 Å². The van der Waals surface area contributed by atoms with Crippen LogP contribution in [0.4, 0.5) is 0 Å². The molecule has 1 rings (SSSR count). The van der Waals surface area contributed by atoms with Gasteiger partial charge in [0.2, 0.25) is 0 Å². The van der Waals surface area contributed by atoms with Crippen molar-refractivity contribution in [2.75, 3.05) is 13.6 Å². The zero-order chi connectivity index (χ0) is 13.1. The van der Waals surface area contributed by atoms with Crippen LogP contribution in [-0.2, 0) is 0 Å². The maximum Gasteiger partial charge on any atom is -0.00208 e. The molecule has 4 atom stereocenters. The summed E-state index contributed by atoms with van der Waals surface area (Å²) in [5, 5.41) is 3.40. The Balaban J connectivity index is 2.69. The summed E-state index contributed by atoms with van der Waals surface area (Å²) in [6.45, 7) is 13.3. The van der Waals surface area contributed by atoms with E-state index in [1.165, 1.54) is 32.2 Å². The van der Waals surface area contributed by atoms with E-state index >= 15 is 0 Å². The van der Waals surface area contributed by atoms with E-state index in [1.807, 2.05) is 0 Å². The summed E-state index contributed by atoms with van der Waals surface area (Å²) in [5.41, 5.74) is 0.496. The molecule has 0 aromatic rings. The fourth-order valence-electron chi connectivity index (χ4n) is 3.57. The Kier molecular flexibility index (Phi) is 5.50. The molecule has 1 saturated carbocycles. The molecule has 102 valence electrons. The fraction of sp³-hybridized carbons (Fsp3) is 1.00. The molecule has 4 unspecified atom stereocenters. The predicted octanol–water partition coefficient (Wildman–Crippen LogP) is 4.33. The van der Waals surface area contributed by atoms with Gasteiger partial charge in [0.1, 0.15) is 0 Å². The van der Waals surface area contributed by atoms with E-state index in [9.17, 15) is 0 Å². The molecule has 1 fully saturated rings. The summed E-state index contributed by atoms with van der Waals surface area (Å²) in [7, 11) is 2.10. The molecule has 17 heavy (non-hydrogen) atoms. The van der Waals surface area contributed by atoms with Gasteiger partial charge in [-0.25, -0.2) is 0 Å². The largest absolute Gasteiger partial charge is 0.319 e. The standard InChI is InChI=1S/C16H33N/c1-7-12(2)15-10-14(16(3,4)5)9-8-13(15)11-17-6/h12-15,17H,7-11H2,1-6H3. The molecule has 0 saturated heterocycles. The minimum Gasteiger partial charge on any atom is -0.319 e. The van der Waals surface area contributed by atoms with E-state index in [2.05, 4.69) is 47.0 Å². The van der Waals surface area contributed by atoms with Crippen molar-refractivity contribution >= 4 is 0 Å². The highest BCUT2D eigenvalue weighted by atomic mass is 14.8. The molecule has 1 heteroatoms. The molecule has 0 amide bonds. The smallest absolute Gasteiger partial charge is 0.00208 e. The molecule has 1 aliphatic rings. The van der Waals surface area contributed by atoms with Crippen LogP contribution in [-0.4, -0.2) is 13.6 Å². The zero-order valence-corrected chi connectivity index (χ0v) is 12.8. The van der Waals surface area contributed by atoms with Gasteiger partial charge in [-0.05, 0) is 61.9 Å². The van der Waals surface area contributed by atoms with Gasteiger partial charge in [0.05, 0.1) is 0 Å². The topological polar surface area (TPSA) is 12.0 Å². The first kappa shape index (κ1) is 15.0. The third-order valence-electron chi connectivity index (χ3n) is 5.11. The summed E-state index contributed by atoms with van der Waals surface area (Å²) in [5.74, 6) is 3.66. The van der Waals surface area contributed by atoms with Crippen molar-refractivity contribution in [2.24, 2.45) is 29.1 Å². The molecule has 1 nitrogen and oxygen atoms in total. The number of hydrogen-bond donors (Lipinski definition) is 1. The molecular weight excluding hydrogens is 206 g/mol. The van der Waals surface area contributed by atoms with E-state index in [0.29, 0.717) is 5.41 Å². The lowest BCUT2D eigenvalue weighted by Gasteiger charge is -2.44. The van der Waals surface area contributed by atoms with Crippen LogP contribution in [0.25, 0.3) is 0 Å². The van der Waals surface area contributed by atoms with Gasteiger partial charge < -0.3 is 5.32 Å². The lowest BCUT2D eigenvalue weighted by atomic mass is 9.62. The predicted molar refractivity (Wildman–Crippen MR) is 77.2 cm³/mol. The molecule has 1 aliphatic carbocycles. The second-order valence-corrected chi connectivity index (χ2v) is 7.24. The molecule has 0 aliphatic heterocycles. The molecule has 1 N–H and O–H groups in total. The van der Waals surface area contributed by atoms with Gasteiger partial charge in [-0.2, -0.15) is 0 Å². The highest BCUT2D eigenvalue weighted by molar-refractivity contribution is 4.88. The quantitative estimate of drug-likeness (QED) is 0.770. The lowest BCUT2D eigenvalue weighted by molar-refractivity contribution is 0.0678. The SMILES string of the molecule is CCC(C)C1CC(C(C)(C)C)CCC1CNC. The molecule has 0 heterocycles. The van der Waals surface area contributed by atoms with Crippen molar-refractivity contribution in [3.8, 4) is 0 Å². The lowest BCUT2D eigenvalue weighted by Crippen LogP contribution is -2.38. The average molecular weight is 239 g/mol. The Hall–Kier alpha value is -0.0400. The monoisotopic (exact) mass is 239 g/mol. The van der Waals surface area contributed by atoms with Gasteiger partial charge in [-0.1, -0.05) is 41.0 Å². The Morgan fingerprint density at radius 1 is 1.24 bits per heavy atom. The van der Waals surface area contributed by atoms with Gasteiger partial charge in [0.15, 0.2) is 0 Å². The zero-order valence-electron chi connectivity index (χ0n) is 12.8.